The quantitative estimate of drug-likeness (QED) is 0.431. The van der Waals surface area contributed by atoms with Crippen molar-refractivity contribution in [2.75, 3.05) is 26.0 Å². The molecule has 0 saturated carbocycles. The number of thioether (sulfide) groups is 1. The van der Waals surface area contributed by atoms with Crippen LogP contribution in [-0.4, -0.2) is 52.7 Å². The Labute approximate surface area is 132 Å². The van der Waals surface area contributed by atoms with Crippen LogP contribution in [-0.2, 0) is 16.1 Å². The number of aromatic nitrogens is 3. The molecule has 0 aliphatic heterocycles. The molecule has 0 unspecified atom stereocenters. The summed E-state index contributed by atoms with van der Waals surface area (Å²) < 4.78 is 6.37. The van der Waals surface area contributed by atoms with Gasteiger partial charge in [0.1, 0.15) is 0 Å². The summed E-state index contributed by atoms with van der Waals surface area (Å²) in [6, 6.07) is -0.521. The standard InChI is InChI=1S/C12H21N5O4S/c1-3-5-13-10(19)14-9(18)8-22-12-16-15-11(20)17(12)6-4-7-21-2/h3-8H2,1-2H3,(H,15,20)(H2,13,14,18,19). The molecule has 0 aliphatic rings. The van der Waals surface area contributed by atoms with Crippen LogP contribution in [0.3, 0.4) is 0 Å². The lowest BCUT2D eigenvalue weighted by Gasteiger charge is -2.06. The van der Waals surface area contributed by atoms with Crippen LogP contribution in [0.1, 0.15) is 19.8 Å². The van der Waals surface area contributed by atoms with E-state index in [0.717, 1.165) is 18.2 Å². The molecule has 0 bridgehead atoms. The molecule has 0 aliphatic carbocycles. The molecule has 0 radical (unpaired) electrons. The van der Waals surface area contributed by atoms with Crippen LogP contribution >= 0.6 is 11.8 Å². The number of urea groups is 1. The molecule has 1 rings (SSSR count). The van der Waals surface area contributed by atoms with E-state index in [-0.39, 0.29) is 11.4 Å². The van der Waals surface area contributed by atoms with Crippen molar-refractivity contribution in [2.45, 2.75) is 31.5 Å². The lowest BCUT2D eigenvalue weighted by Crippen LogP contribution is -2.40. The van der Waals surface area contributed by atoms with Crippen molar-refractivity contribution in [1.82, 2.24) is 25.4 Å². The maximum atomic E-state index is 11.6. The first-order chi connectivity index (χ1) is 10.6. The normalized spacial score (nSPS) is 10.5. The molecule has 0 saturated heterocycles. The number of amides is 3. The van der Waals surface area contributed by atoms with E-state index >= 15 is 0 Å². The Morgan fingerprint density at radius 2 is 2.23 bits per heavy atom. The van der Waals surface area contributed by atoms with Gasteiger partial charge in [0.2, 0.25) is 5.91 Å². The average Bonchev–Trinajstić information content (AvgIpc) is 2.84. The highest BCUT2D eigenvalue weighted by Crippen LogP contribution is 2.12. The van der Waals surface area contributed by atoms with Gasteiger partial charge in [-0.05, 0) is 12.8 Å². The summed E-state index contributed by atoms with van der Waals surface area (Å²) in [5, 5.41) is 11.4. The minimum Gasteiger partial charge on any atom is -0.385 e. The van der Waals surface area contributed by atoms with E-state index < -0.39 is 11.9 Å². The monoisotopic (exact) mass is 331 g/mol. The molecule has 1 heterocycles. The minimum atomic E-state index is -0.521. The third kappa shape index (κ3) is 6.31. The topological polar surface area (TPSA) is 118 Å². The van der Waals surface area contributed by atoms with Crippen molar-refractivity contribution < 1.29 is 14.3 Å². The summed E-state index contributed by atoms with van der Waals surface area (Å²) in [6.07, 6.45) is 1.45. The van der Waals surface area contributed by atoms with Crippen LogP contribution in [0.4, 0.5) is 4.79 Å². The van der Waals surface area contributed by atoms with Crippen LogP contribution in [0.15, 0.2) is 9.95 Å². The summed E-state index contributed by atoms with van der Waals surface area (Å²) in [5.74, 6) is -0.453. The van der Waals surface area contributed by atoms with Gasteiger partial charge in [-0.3, -0.25) is 14.7 Å². The Balaban J connectivity index is 2.45. The van der Waals surface area contributed by atoms with Gasteiger partial charge in [0, 0.05) is 26.8 Å². The number of rotatable bonds is 9. The van der Waals surface area contributed by atoms with Crippen molar-refractivity contribution in [3.63, 3.8) is 0 Å². The fourth-order valence-electron chi connectivity index (χ4n) is 1.55. The predicted molar refractivity (Wildman–Crippen MR) is 81.9 cm³/mol. The molecule has 0 aromatic carbocycles. The molecule has 124 valence electrons. The Morgan fingerprint density at radius 1 is 1.45 bits per heavy atom. The van der Waals surface area contributed by atoms with Crippen molar-refractivity contribution in [3.8, 4) is 0 Å². The summed E-state index contributed by atoms with van der Waals surface area (Å²) in [7, 11) is 1.59. The number of hydrogen-bond acceptors (Lipinski definition) is 6. The van der Waals surface area contributed by atoms with Gasteiger partial charge in [-0.25, -0.2) is 14.7 Å². The van der Waals surface area contributed by atoms with Crippen LogP contribution < -0.4 is 16.3 Å². The van der Waals surface area contributed by atoms with Crippen molar-refractivity contribution >= 4 is 23.7 Å². The first-order valence-corrected chi connectivity index (χ1v) is 7.91. The maximum absolute atomic E-state index is 11.6. The van der Waals surface area contributed by atoms with Crippen LogP contribution in [0, 0.1) is 0 Å². The number of hydrogen-bond donors (Lipinski definition) is 3. The zero-order valence-corrected chi connectivity index (χ0v) is 13.5. The number of aromatic amines is 1. The average molecular weight is 331 g/mol. The van der Waals surface area contributed by atoms with E-state index in [1.807, 2.05) is 6.92 Å². The van der Waals surface area contributed by atoms with Crippen molar-refractivity contribution in [2.24, 2.45) is 0 Å². The summed E-state index contributed by atoms with van der Waals surface area (Å²) in [5.41, 5.74) is -0.334. The SMILES string of the molecule is CCCNC(=O)NC(=O)CSc1n[nH]c(=O)n1CCCOC. The van der Waals surface area contributed by atoms with E-state index in [4.69, 9.17) is 4.74 Å². The highest BCUT2D eigenvalue weighted by molar-refractivity contribution is 7.99. The third-order valence-electron chi connectivity index (χ3n) is 2.57. The minimum absolute atomic E-state index is 0.00584. The molecule has 3 amide bonds. The number of carbonyl (C=O) groups excluding carboxylic acids is 2. The smallest absolute Gasteiger partial charge is 0.343 e. The van der Waals surface area contributed by atoms with Gasteiger partial charge in [-0.15, -0.1) is 5.10 Å². The highest BCUT2D eigenvalue weighted by atomic mass is 32.2. The summed E-state index contributed by atoms with van der Waals surface area (Å²) >= 11 is 1.09. The molecule has 1 aromatic heterocycles. The third-order valence-corrected chi connectivity index (χ3v) is 3.55. The van der Waals surface area contributed by atoms with Crippen molar-refractivity contribution in [3.05, 3.63) is 10.5 Å². The molecule has 3 N–H and O–H groups in total. The van der Waals surface area contributed by atoms with Gasteiger partial charge in [-0.2, -0.15) is 0 Å². The number of H-pyrrole nitrogens is 1. The van der Waals surface area contributed by atoms with E-state index in [1.165, 1.54) is 4.57 Å². The lowest BCUT2D eigenvalue weighted by molar-refractivity contribution is -0.117. The second-order valence-electron chi connectivity index (χ2n) is 4.40. The first-order valence-electron chi connectivity index (χ1n) is 6.93. The van der Waals surface area contributed by atoms with E-state index in [2.05, 4.69) is 20.8 Å². The van der Waals surface area contributed by atoms with Gasteiger partial charge in [0.05, 0.1) is 5.75 Å². The van der Waals surface area contributed by atoms with Gasteiger partial charge in [0.15, 0.2) is 5.16 Å². The molecule has 0 fully saturated rings. The molecule has 0 spiro atoms. The van der Waals surface area contributed by atoms with Crippen LogP contribution in [0.5, 0.6) is 0 Å². The Kier molecular flexibility index (Phi) is 8.30. The maximum Gasteiger partial charge on any atom is 0.343 e. The number of imide groups is 1. The Morgan fingerprint density at radius 3 is 2.91 bits per heavy atom. The number of methoxy groups -OCH3 is 1. The molecule has 10 heteroatoms. The fourth-order valence-corrected chi connectivity index (χ4v) is 2.33. The highest BCUT2D eigenvalue weighted by Gasteiger charge is 2.12. The van der Waals surface area contributed by atoms with Gasteiger partial charge in [-0.1, -0.05) is 18.7 Å². The van der Waals surface area contributed by atoms with E-state index in [0.29, 0.717) is 31.3 Å². The van der Waals surface area contributed by atoms with E-state index in [9.17, 15) is 14.4 Å². The Hall–Kier alpha value is -1.81. The lowest BCUT2D eigenvalue weighted by atomic mass is 10.4. The molecule has 1 aromatic rings. The molecular formula is C12H21N5O4S. The second kappa shape index (κ2) is 10.0. The number of carbonyl (C=O) groups is 2. The number of nitrogens with zero attached hydrogens (tertiary/aromatic N) is 2. The first kappa shape index (κ1) is 18.2. The second-order valence-corrected chi connectivity index (χ2v) is 5.34. The zero-order chi connectivity index (χ0) is 16.4. The fraction of sp³-hybridized carbons (Fsp3) is 0.667. The molecule has 22 heavy (non-hydrogen) atoms. The van der Waals surface area contributed by atoms with Gasteiger partial charge in [0.25, 0.3) is 0 Å². The molecule has 9 nitrogen and oxygen atoms in total. The van der Waals surface area contributed by atoms with Gasteiger partial charge >= 0.3 is 11.7 Å². The number of nitrogens with one attached hydrogen (secondary N) is 3. The molecule has 0 atom stereocenters. The molecular weight excluding hydrogens is 310 g/mol. The predicted octanol–water partition coefficient (Wildman–Crippen LogP) is -0.0642. The number of ether oxygens (including phenoxy) is 1. The van der Waals surface area contributed by atoms with E-state index in [1.54, 1.807) is 7.11 Å². The largest absolute Gasteiger partial charge is 0.385 e. The Bertz CT molecular complexity index is 542. The summed E-state index contributed by atoms with van der Waals surface area (Å²) in [4.78, 5) is 34.6. The van der Waals surface area contributed by atoms with Crippen molar-refractivity contribution in [1.29, 1.82) is 0 Å². The van der Waals surface area contributed by atoms with Crippen LogP contribution in [0.25, 0.3) is 0 Å². The summed E-state index contributed by atoms with van der Waals surface area (Å²) in [6.45, 7) is 3.40. The zero-order valence-electron chi connectivity index (χ0n) is 12.7. The van der Waals surface area contributed by atoms with Crippen LogP contribution in [0.2, 0.25) is 0 Å². The van der Waals surface area contributed by atoms with Gasteiger partial charge < -0.3 is 10.1 Å².